The highest BCUT2D eigenvalue weighted by Crippen LogP contribution is 2.27. The molecule has 2 aliphatic heterocycles. The van der Waals surface area contributed by atoms with E-state index < -0.39 is 0 Å². The predicted molar refractivity (Wildman–Crippen MR) is 80.3 cm³/mol. The Morgan fingerprint density at radius 2 is 2.29 bits per heavy atom. The third kappa shape index (κ3) is 2.71. The molecule has 0 radical (unpaired) electrons. The number of hydrogen-bond acceptors (Lipinski definition) is 4. The Kier molecular flexibility index (Phi) is 4.02. The number of hydrogen-bond donors (Lipinski definition) is 0. The SMILES string of the molecule is CC[C@@H]1CN2CCC[C@@H]2CN1C(=O)c1cc(C(C)C)on1. The number of piperazine rings is 1. The second kappa shape index (κ2) is 5.79. The van der Waals surface area contributed by atoms with Crippen LogP contribution < -0.4 is 0 Å². The molecule has 116 valence electrons. The zero-order valence-corrected chi connectivity index (χ0v) is 13.2. The summed E-state index contributed by atoms with van der Waals surface area (Å²) in [7, 11) is 0. The molecule has 0 spiro atoms. The smallest absolute Gasteiger partial charge is 0.276 e. The number of rotatable bonds is 3. The summed E-state index contributed by atoms with van der Waals surface area (Å²) in [5, 5.41) is 3.99. The molecular formula is C16H25N3O2. The second-order valence-corrected chi connectivity index (χ2v) is 6.58. The molecule has 0 aliphatic carbocycles. The molecule has 0 unspecified atom stereocenters. The highest BCUT2D eigenvalue weighted by atomic mass is 16.5. The highest BCUT2D eigenvalue weighted by molar-refractivity contribution is 5.92. The van der Waals surface area contributed by atoms with Crippen molar-refractivity contribution in [3.8, 4) is 0 Å². The van der Waals surface area contributed by atoms with E-state index in [9.17, 15) is 4.79 Å². The van der Waals surface area contributed by atoms with Crippen molar-refractivity contribution in [3.05, 3.63) is 17.5 Å². The summed E-state index contributed by atoms with van der Waals surface area (Å²) in [6, 6.07) is 2.64. The lowest BCUT2D eigenvalue weighted by Gasteiger charge is -2.43. The zero-order valence-electron chi connectivity index (χ0n) is 13.2. The molecule has 2 fully saturated rings. The van der Waals surface area contributed by atoms with Gasteiger partial charge in [-0.05, 0) is 25.8 Å². The van der Waals surface area contributed by atoms with Crippen LogP contribution in [0.3, 0.4) is 0 Å². The first-order valence-electron chi connectivity index (χ1n) is 8.11. The molecule has 0 bridgehead atoms. The van der Waals surface area contributed by atoms with Gasteiger partial charge in [-0.1, -0.05) is 25.9 Å². The van der Waals surface area contributed by atoms with Crippen LogP contribution in [0.25, 0.3) is 0 Å². The number of amides is 1. The lowest BCUT2D eigenvalue weighted by Crippen LogP contribution is -2.57. The summed E-state index contributed by atoms with van der Waals surface area (Å²) < 4.78 is 5.29. The molecule has 2 saturated heterocycles. The van der Waals surface area contributed by atoms with Gasteiger partial charge in [-0.2, -0.15) is 0 Å². The molecule has 0 N–H and O–H groups in total. The Bertz CT molecular complexity index is 511. The van der Waals surface area contributed by atoms with E-state index >= 15 is 0 Å². The fourth-order valence-corrected chi connectivity index (χ4v) is 3.50. The van der Waals surface area contributed by atoms with Crippen LogP contribution in [-0.2, 0) is 0 Å². The summed E-state index contributed by atoms with van der Waals surface area (Å²) in [6.45, 7) is 9.26. The van der Waals surface area contributed by atoms with Crippen molar-refractivity contribution < 1.29 is 9.32 Å². The van der Waals surface area contributed by atoms with Gasteiger partial charge in [0.25, 0.3) is 5.91 Å². The van der Waals surface area contributed by atoms with E-state index in [1.54, 1.807) is 6.07 Å². The van der Waals surface area contributed by atoms with Crippen LogP contribution in [0, 0.1) is 0 Å². The first kappa shape index (κ1) is 14.6. The number of aromatic nitrogens is 1. The number of nitrogens with zero attached hydrogens (tertiary/aromatic N) is 3. The van der Waals surface area contributed by atoms with Gasteiger partial charge in [-0.25, -0.2) is 0 Å². The van der Waals surface area contributed by atoms with Gasteiger partial charge >= 0.3 is 0 Å². The van der Waals surface area contributed by atoms with E-state index in [0.29, 0.717) is 17.8 Å². The van der Waals surface area contributed by atoms with Crippen molar-refractivity contribution in [2.75, 3.05) is 19.6 Å². The van der Waals surface area contributed by atoms with Gasteiger partial charge < -0.3 is 9.42 Å². The standard InChI is InChI=1S/C16H25N3O2/c1-4-12-9-18-7-5-6-13(18)10-19(12)16(20)14-8-15(11(2)3)21-17-14/h8,11-13H,4-7,9-10H2,1-3H3/t12-,13-/m1/s1. The Morgan fingerprint density at radius 3 is 2.95 bits per heavy atom. The molecule has 5 nitrogen and oxygen atoms in total. The normalized spacial score (nSPS) is 26.4. The quantitative estimate of drug-likeness (QED) is 0.858. The van der Waals surface area contributed by atoms with Crippen molar-refractivity contribution in [2.45, 2.75) is 58.0 Å². The van der Waals surface area contributed by atoms with Gasteiger partial charge in [0.2, 0.25) is 0 Å². The summed E-state index contributed by atoms with van der Waals surface area (Å²) >= 11 is 0. The van der Waals surface area contributed by atoms with Gasteiger partial charge in [-0.15, -0.1) is 0 Å². The van der Waals surface area contributed by atoms with E-state index in [1.807, 2.05) is 18.7 Å². The third-order valence-electron chi connectivity index (χ3n) is 4.84. The van der Waals surface area contributed by atoms with Crippen LogP contribution in [0.4, 0.5) is 0 Å². The van der Waals surface area contributed by atoms with Gasteiger partial charge in [-0.3, -0.25) is 9.69 Å². The maximum atomic E-state index is 12.8. The average molecular weight is 291 g/mol. The lowest BCUT2D eigenvalue weighted by molar-refractivity contribution is 0.0337. The van der Waals surface area contributed by atoms with Crippen molar-refractivity contribution in [2.24, 2.45) is 0 Å². The molecule has 21 heavy (non-hydrogen) atoms. The topological polar surface area (TPSA) is 49.6 Å². The van der Waals surface area contributed by atoms with Crippen molar-refractivity contribution in [3.63, 3.8) is 0 Å². The summed E-state index contributed by atoms with van der Waals surface area (Å²) in [6.07, 6.45) is 3.45. The molecule has 0 aromatic carbocycles. The minimum Gasteiger partial charge on any atom is -0.360 e. The molecule has 5 heteroatoms. The first-order valence-corrected chi connectivity index (χ1v) is 8.11. The molecule has 1 aromatic heterocycles. The number of carbonyl (C=O) groups excluding carboxylic acids is 1. The minimum absolute atomic E-state index is 0.0315. The Labute approximate surface area is 126 Å². The summed E-state index contributed by atoms with van der Waals surface area (Å²) in [5.74, 6) is 1.07. The molecular weight excluding hydrogens is 266 g/mol. The van der Waals surface area contributed by atoms with Crippen molar-refractivity contribution in [1.29, 1.82) is 0 Å². The Balaban J connectivity index is 1.78. The van der Waals surface area contributed by atoms with Crippen LogP contribution in [0.5, 0.6) is 0 Å². The van der Waals surface area contributed by atoms with E-state index in [1.165, 1.54) is 19.4 Å². The van der Waals surface area contributed by atoms with Crippen LogP contribution in [0.15, 0.2) is 10.6 Å². The molecule has 3 heterocycles. The van der Waals surface area contributed by atoms with Gasteiger partial charge in [0.05, 0.1) is 0 Å². The number of fused-ring (bicyclic) bond motifs is 1. The van der Waals surface area contributed by atoms with Crippen LogP contribution in [0.1, 0.15) is 62.2 Å². The van der Waals surface area contributed by atoms with Crippen molar-refractivity contribution >= 4 is 5.91 Å². The van der Waals surface area contributed by atoms with Crippen LogP contribution >= 0.6 is 0 Å². The van der Waals surface area contributed by atoms with Crippen LogP contribution in [-0.4, -0.2) is 52.6 Å². The molecule has 1 aromatic rings. The number of carbonyl (C=O) groups is 1. The molecule has 3 rings (SSSR count). The average Bonchev–Trinajstić information content (AvgIpc) is 3.13. The molecule has 2 aliphatic rings. The predicted octanol–water partition coefficient (Wildman–Crippen LogP) is 2.50. The molecule has 2 atom stereocenters. The van der Waals surface area contributed by atoms with Gasteiger partial charge in [0, 0.05) is 37.2 Å². The summed E-state index contributed by atoms with van der Waals surface area (Å²) in [4.78, 5) is 17.3. The second-order valence-electron chi connectivity index (χ2n) is 6.58. The Hall–Kier alpha value is -1.36. The van der Waals surface area contributed by atoms with Gasteiger partial charge in [0.1, 0.15) is 5.76 Å². The maximum Gasteiger partial charge on any atom is 0.276 e. The van der Waals surface area contributed by atoms with E-state index in [0.717, 1.165) is 25.3 Å². The minimum atomic E-state index is 0.0315. The van der Waals surface area contributed by atoms with E-state index in [2.05, 4.69) is 17.0 Å². The fraction of sp³-hybridized carbons (Fsp3) is 0.750. The highest BCUT2D eigenvalue weighted by Gasteiger charge is 2.38. The molecule has 1 amide bonds. The monoisotopic (exact) mass is 291 g/mol. The third-order valence-corrected chi connectivity index (χ3v) is 4.84. The Morgan fingerprint density at radius 1 is 1.48 bits per heavy atom. The van der Waals surface area contributed by atoms with Gasteiger partial charge in [0.15, 0.2) is 5.69 Å². The zero-order chi connectivity index (χ0) is 15.0. The maximum absolute atomic E-state index is 12.8. The van der Waals surface area contributed by atoms with Crippen LogP contribution in [0.2, 0.25) is 0 Å². The van der Waals surface area contributed by atoms with Crippen molar-refractivity contribution in [1.82, 2.24) is 15.0 Å². The fourth-order valence-electron chi connectivity index (χ4n) is 3.50. The van der Waals surface area contributed by atoms with E-state index in [4.69, 9.17) is 4.52 Å². The largest absolute Gasteiger partial charge is 0.360 e. The summed E-state index contributed by atoms with van der Waals surface area (Å²) in [5.41, 5.74) is 0.462. The lowest BCUT2D eigenvalue weighted by atomic mass is 10.0. The first-order chi connectivity index (χ1) is 10.1. The molecule has 0 saturated carbocycles. The van der Waals surface area contributed by atoms with E-state index in [-0.39, 0.29) is 11.8 Å².